The number of hydrogen-bond donors (Lipinski definition) is 0. The SMILES string of the molecule is Cc1ccccc1CN(C)C(=O)/C=C/c1cccc(C(F)(F)F)c1. The van der Waals surface area contributed by atoms with Crippen LogP contribution in [0.15, 0.2) is 54.6 Å². The summed E-state index contributed by atoms with van der Waals surface area (Å²) in [5.74, 6) is -0.268. The molecule has 2 nitrogen and oxygen atoms in total. The van der Waals surface area contributed by atoms with Gasteiger partial charge in [0.25, 0.3) is 0 Å². The molecule has 126 valence electrons. The van der Waals surface area contributed by atoms with Crippen molar-refractivity contribution >= 4 is 12.0 Å². The summed E-state index contributed by atoms with van der Waals surface area (Å²) >= 11 is 0. The molecule has 0 heterocycles. The number of halogens is 3. The average Bonchev–Trinajstić information content (AvgIpc) is 2.54. The number of hydrogen-bond acceptors (Lipinski definition) is 1. The van der Waals surface area contributed by atoms with E-state index in [1.165, 1.54) is 29.2 Å². The maximum atomic E-state index is 12.7. The summed E-state index contributed by atoms with van der Waals surface area (Å²) in [6.45, 7) is 2.41. The quantitative estimate of drug-likeness (QED) is 0.744. The van der Waals surface area contributed by atoms with E-state index in [9.17, 15) is 18.0 Å². The predicted octanol–water partition coefficient (Wildman–Crippen LogP) is 4.69. The molecule has 0 unspecified atom stereocenters. The summed E-state index contributed by atoms with van der Waals surface area (Å²) in [4.78, 5) is 13.7. The van der Waals surface area contributed by atoms with E-state index < -0.39 is 11.7 Å². The molecule has 0 spiro atoms. The number of amides is 1. The third-order valence-corrected chi connectivity index (χ3v) is 3.68. The third kappa shape index (κ3) is 4.72. The van der Waals surface area contributed by atoms with Gasteiger partial charge in [-0.25, -0.2) is 0 Å². The molecular formula is C19H18F3NO. The van der Waals surface area contributed by atoms with E-state index in [-0.39, 0.29) is 5.91 Å². The minimum atomic E-state index is -4.39. The van der Waals surface area contributed by atoms with Gasteiger partial charge in [0, 0.05) is 19.7 Å². The fourth-order valence-electron chi connectivity index (χ4n) is 2.23. The lowest BCUT2D eigenvalue weighted by Crippen LogP contribution is -2.24. The summed E-state index contributed by atoms with van der Waals surface area (Å²) in [6.07, 6.45) is -1.71. The zero-order valence-corrected chi connectivity index (χ0v) is 13.5. The van der Waals surface area contributed by atoms with Crippen LogP contribution in [0.25, 0.3) is 6.08 Å². The zero-order valence-electron chi connectivity index (χ0n) is 13.5. The van der Waals surface area contributed by atoms with Gasteiger partial charge in [-0.1, -0.05) is 36.4 Å². The molecule has 0 aliphatic heterocycles. The first-order valence-corrected chi connectivity index (χ1v) is 7.42. The number of carbonyl (C=O) groups excluding carboxylic acids is 1. The van der Waals surface area contributed by atoms with Crippen molar-refractivity contribution in [2.45, 2.75) is 19.6 Å². The van der Waals surface area contributed by atoms with Gasteiger partial charge in [0.15, 0.2) is 0 Å². The van der Waals surface area contributed by atoms with E-state index in [0.29, 0.717) is 12.1 Å². The second kappa shape index (κ2) is 7.34. The highest BCUT2D eigenvalue weighted by atomic mass is 19.4. The molecule has 0 aliphatic rings. The van der Waals surface area contributed by atoms with Gasteiger partial charge < -0.3 is 4.90 Å². The molecule has 0 radical (unpaired) electrons. The zero-order chi connectivity index (χ0) is 17.7. The Morgan fingerprint density at radius 2 is 1.83 bits per heavy atom. The van der Waals surface area contributed by atoms with Gasteiger partial charge in [-0.05, 0) is 41.8 Å². The smallest absolute Gasteiger partial charge is 0.338 e. The molecule has 2 aromatic carbocycles. The van der Waals surface area contributed by atoms with E-state index in [0.717, 1.165) is 23.3 Å². The molecule has 2 rings (SSSR count). The van der Waals surface area contributed by atoms with Crippen molar-refractivity contribution in [3.8, 4) is 0 Å². The molecule has 1 amide bonds. The maximum Gasteiger partial charge on any atom is 0.416 e. The van der Waals surface area contributed by atoms with Crippen molar-refractivity contribution in [3.05, 3.63) is 76.9 Å². The number of rotatable bonds is 4. The van der Waals surface area contributed by atoms with E-state index in [2.05, 4.69) is 0 Å². The standard InChI is InChI=1S/C19H18F3NO/c1-14-6-3-4-8-16(14)13-23(2)18(24)11-10-15-7-5-9-17(12-15)19(20,21)22/h3-12H,13H2,1-2H3/b11-10+. The maximum absolute atomic E-state index is 12.7. The largest absolute Gasteiger partial charge is 0.416 e. The van der Waals surface area contributed by atoms with Crippen LogP contribution in [0.5, 0.6) is 0 Å². The lowest BCUT2D eigenvalue weighted by molar-refractivity contribution is -0.137. The molecule has 0 saturated carbocycles. The molecule has 0 saturated heterocycles. The first kappa shape index (κ1) is 17.8. The van der Waals surface area contributed by atoms with Gasteiger partial charge in [-0.3, -0.25) is 4.79 Å². The second-order valence-corrected chi connectivity index (χ2v) is 5.58. The van der Waals surface area contributed by atoms with E-state index in [1.54, 1.807) is 7.05 Å². The van der Waals surface area contributed by atoms with Gasteiger partial charge in [0.2, 0.25) is 5.91 Å². The second-order valence-electron chi connectivity index (χ2n) is 5.58. The van der Waals surface area contributed by atoms with Crippen LogP contribution in [-0.4, -0.2) is 17.9 Å². The summed E-state index contributed by atoms with van der Waals surface area (Å²) in [7, 11) is 1.66. The molecule has 5 heteroatoms. The Morgan fingerprint density at radius 1 is 1.12 bits per heavy atom. The molecule has 0 fully saturated rings. The van der Waals surface area contributed by atoms with Crippen LogP contribution in [0.3, 0.4) is 0 Å². The fourth-order valence-corrected chi connectivity index (χ4v) is 2.23. The number of nitrogens with zero attached hydrogens (tertiary/aromatic N) is 1. The molecule has 24 heavy (non-hydrogen) atoms. The highest BCUT2D eigenvalue weighted by Crippen LogP contribution is 2.29. The van der Waals surface area contributed by atoms with E-state index in [1.807, 2.05) is 31.2 Å². The molecule has 0 bridgehead atoms. The van der Waals surface area contributed by atoms with Crippen LogP contribution in [-0.2, 0) is 17.5 Å². The van der Waals surface area contributed by atoms with Crippen molar-refractivity contribution in [2.75, 3.05) is 7.05 Å². The van der Waals surface area contributed by atoms with Gasteiger partial charge in [-0.15, -0.1) is 0 Å². The van der Waals surface area contributed by atoms with Crippen LogP contribution in [0, 0.1) is 6.92 Å². The minimum absolute atomic E-state index is 0.268. The Morgan fingerprint density at radius 3 is 2.50 bits per heavy atom. The summed E-state index contributed by atoms with van der Waals surface area (Å²) < 4.78 is 38.0. The lowest BCUT2D eigenvalue weighted by Gasteiger charge is -2.16. The average molecular weight is 333 g/mol. The number of benzene rings is 2. The van der Waals surface area contributed by atoms with Gasteiger partial charge >= 0.3 is 6.18 Å². The number of carbonyl (C=O) groups is 1. The van der Waals surface area contributed by atoms with E-state index >= 15 is 0 Å². The lowest BCUT2D eigenvalue weighted by atomic mass is 10.1. The van der Waals surface area contributed by atoms with Crippen LogP contribution in [0.2, 0.25) is 0 Å². The predicted molar refractivity (Wildman–Crippen MR) is 88.1 cm³/mol. The first-order chi connectivity index (χ1) is 11.3. The van der Waals surface area contributed by atoms with Crippen LogP contribution >= 0.6 is 0 Å². The Balaban J connectivity index is 2.06. The van der Waals surface area contributed by atoms with Crippen LogP contribution in [0.1, 0.15) is 22.3 Å². The molecule has 0 N–H and O–H groups in total. The first-order valence-electron chi connectivity index (χ1n) is 7.42. The van der Waals surface area contributed by atoms with Crippen molar-refractivity contribution in [3.63, 3.8) is 0 Å². The summed E-state index contributed by atoms with van der Waals surface area (Å²) in [5.41, 5.74) is 1.72. The normalized spacial score (nSPS) is 11.7. The monoisotopic (exact) mass is 333 g/mol. The van der Waals surface area contributed by atoms with Crippen molar-refractivity contribution in [1.29, 1.82) is 0 Å². The number of alkyl halides is 3. The van der Waals surface area contributed by atoms with Gasteiger partial charge in [0.1, 0.15) is 0 Å². The Kier molecular flexibility index (Phi) is 5.44. The highest BCUT2D eigenvalue weighted by Gasteiger charge is 2.30. The Hall–Kier alpha value is -2.56. The Labute approximate surface area is 139 Å². The molecule has 0 aromatic heterocycles. The van der Waals surface area contributed by atoms with Crippen LogP contribution in [0.4, 0.5) is 13.2 Å². The van der Waals surface area contributed by atoms with Gasteiger partial charge in [0.05, 0.1) is 5.56 Å². The minimum Gasteiger partial charge on any atom is -0.338 e. The van der Waals surface area contributed by atoms with Crippen molar-refractivity contribution in [1.82, 2.24) is 4.90 Å². The summed E-state index contributed by atoms with van der Waals surface area (Å²) in [5, 5.41) is 0. The van der Waals surface area contributed by atoms with Crippen molar-refractivity contribution < 1.29 is 18.0 Å². The fraction of sp³-hybridized carbons (Fsp3) is 0.211. The molecular weight excluding hydrogens is 315 g/mol. The van der Waals surface area contributed by atoms with Crippen molar-refractivity contribution in [2.24, 2.45) is 0 Å². The third-order valence-electron chi connectivity index (χ3n) is 3.68. The molecule has 2 aromatic rings. The Bertz CT molecular complexity index is 750. The van der Waals surface area contributed by atoms with Crippen LogP contribution < -0.4 is 0 Å². The van der Waals surface area contributed by atoms with Gasteiger partial charge in [-0.2, -0.15) is 13.2 Å². The number of likely N-dealkylation sites (N-methyl/N-ethyl adjacent to an activating group) is 1. The molecule has 0 aliphatic carbocycles. The number of aryl methyl sites for hydroxylation is 1. The molecule has 0 atom stereocenters. The summed E-state index contributed by atoms with van der Waals surface area (Å²) in [6, 6.07) is 12.6. The van der Waals surface area contributed by atoms with E-state index in [4.69, 9.17) is 0 Å². The topological polar surface area (TPSA) is 20.3 Å². The highest BCUT2D eigenvalue weighted by molar-refractivity contribution is 5.91.